The Bertz CT molecular complexity index is 392. The second-order valence-electron chi connectivity index (χ2n) is 3.90. The monoisotopic (exact) mass is 197 g/mol. The summed E-state index contributed by atoms with van der Waals surface area (Å²) < 4.78 is 0. The lowest BCUT2D eigenvalue weighted by Crippen LogP contribution is -2.01. The Labute approximate surface area is 91.1 Å². The molecular weight excluding hydrogens is 182 g/mol. The van der Waals surface area contributed by atoms with Gasteiger partial charge in [0.05, 0.1) is 0 Å². The van der Waals surface area contributed by atoms with Crippen LogP contribution in [0.3, 0.4) is 0 Å². The first-order valence-corrected chi connectivity index (χ1v) is 5.09. The number of fused-ring (bicyclic) bond motifs is 1. The van der Waals surface area contributed by atoms with Crippen molar-refractivity contribution in [2.75, 3.05) is 14.1 Å². The molecule has 0 aliphatic heterocycles. The van der Waals surface area contributed by atoms with Crippen LogP contribution >= 0.6 is 0 Å². The molecule has 0 aromatic heterocycles. The minimum atomic E-state index is 1.25. The molecule has 0 atom stereocenters. The summed E-state index contributed by atoms with van der Waals surface area (Å²) in [7, 11) is 4.08. The lowest BCUT2D eigenvalue weighted by molar-refractivity contribution is 0.561. The van der Waals surface area contributed by atoms with E-state index in [2.05, 4.69) is 47.6 Å². The van der Waals surface area contributed by atoms with E-state index < -0.39 is 0 Å². The average Bonchev–Trinajstić information content (AvgIpc) is 2.46. The van der Waals surface area contributed by atoms with Crippen LogP contribution in [-0.4, -0.2) is 19.0 Å². The summed E-state index contributed by atoms with van der Waals surface area (Å²) in [5.41, 5.74) is 3.81. The fourth-order valence-corrected chi connectivity index (χ4v) is 1.68. The van der Waals surface area contributed by atoms with Crippen LogP contribution in [-0.2, 0) is 0 Å². The number of rotatable bonds is 1. The molecule has 2 rings (SSSR count). The van der Waals surface area contributed by atoms with Gasteiger partial charge in [0.15, 0.2) is 0 Å². The third-order valence-corrected chi connectivity index (χ3v) is 2.27. The zero-order valence-corrected chi connectivity index (χ0v) is 9.14. The van der Waals surface area contributed by atoms with Gasteiger partial charge in [0.2, 0.25) is 0 Å². The molecule has 0 amide bonds. The summed E-state index contributed by atoms with van der Waals surface area (Å²) in [5, 5.41) is 0. The fourth-order valence-electron chi connectivity index (χ4n) is 1.68. The van der Waals surface area contributed by atoms with E-state index in [9.17, 15) is 0 Å². The van der Waals surface area contributed by atoms with Gasteiger partial charge in [-0.2, -0.15) is 0 Å². The third-order valence-electron chi connectivity index (χ3n) is 2.27. The second-order valence-corrected chi connectivity index (χ2v) is 3.90. The highest BCUT2D eigenvalue weighted by atomic mass is 15.0. The zero-order chi connectivity index (χ0) is 10.7. The zero-order valence-electron chi connectivity index (χ0n) is 9.14. The van der Waals surface area contributed by atoms with Crippen LogP contribution in [0.1, 0.15) is 0 Å². The van der Waals surface area contributed by atoms with E-state index in [-0.39, 0.29) is 0 Å². The molecule has 0 N–H and O–H groups in total. The normalized spacial score (nSPS) is 24.3. The van der Waals surface area contributed by atoms with Crippen molar-refractivity contribution in [2.45, 2.75) is 0 Å². The molecular formula is C14H15N. The van der Waals surface area contributed by atoms with Gasteiger partial charge in [-0.15, -0.1) is 0 Å². The smallest absolute Gasteiger partial charge is 0.00591 e. The van der Waals surface area contributed by atoms with Gasteiger partial charge in [0.25, 0.3) is 0 Å². The highest BCUT2D eigenvalue weighted by molar-refractivity contribution is 5.61. The van der Waals surface area contributed by atoms with E-state index in [1.807, 2.05) is 26.2 Å². The molecule has 0 saturated carbocycles. The van der Waals surface area contributed by atoms with Crippen LogP contribution in [0.15, 0.2) is 71.5 Å². The van der Waals surface area contributed by atoms with Crippen LogP contribution in [0.2, 0.25) is 0 Å². The van der Waals surface area contributed by atoms with Gasteiger partial charge in [-0.05, 0) is 28.9 Å². The summed E-state index contributed by atoms with van der Waals surface area (Å²) in [4.78, 5) is 2.06. The first-order chi connectivity index (χ1) is 7.25. The standard InChI is InChI=1S/C14H15N/c1-15(2)11-12-9-13-7-5-3-4-6-8-14(13)10-12/h3-11H,1-2H3/b4-3-,7-5-,8-6-. The van der Waals surface area contributed by atoms with Gasteiger partial charge in [0.1, 0.15) is 0 Å². The largest absolute Gasteiger partial charge is 0.383 e. The van der Waals surface area contributed by atoms with Crippen molar-refractivity contribution in [3.05, 3.63) is 71.5 Å². The van der Waals surface area contributed by atoms with Crippen molar-refractivity contribution in [3.8, 4) is 0 Å². The average molecular weight is 197 g/mol. The van der Waals surface area contributed by atoms with E-state index >= 15 is 0 Å². The maximum atomic E-state index is 2.20. The molecule has 0 unspecified atom stereocenters. The Hall–Kier alpha value is -1.76. The van der Waals surface area contributed by atoms with Crippen molar-refractivity contribution in [1.29, 1.82) is 0 Å². The molecule has 76 valence electrons. The third kappa shape index (κ3) is 2.38. The summed E-state index contributed by atoms with van der Waals surface area (Å²) in [6, 6.07) is 0. The van der Waals surface area contributed by atoms with E-state index in [0.717, 1.165) is 0 Å². The molecule has 0 spiro atoms. The topological polar surface area (TPSA) is 3.24 Å². The van der Waals surface area contributed by atoms with E-state index in [1.54, 1.807) is 0 Å². The minimum Gasteiger partial charge on any atom is -0.383 e. The molecule has 0 saturated heterocycles. The Balaban J connectivity index is 2.35. The number of hydrogen-bond acceptors (Lipinski definition) is 1. The summed E-state index contributed by atoms with van der Waals surface area (Å²) in [6.07, 6.45) is 19.0. The molecule has 0 fully saturated rings. The van der Waals surface area contributed by atoms with Crippen molar-refractivity contribution in [3.63, 3.8) is 0 Å². The maximum absolute atomic E-state index is 2.20. The van der Waals surface area contributed by atoms with Crippen molar-refractivity contribution in [2.24, 2.45) is 0 Å². The molecule has 1 heteroatoms. The van der Waals surface area contributed by atoms with Gasteiger partial charge in [-0.25, -0.2) is 0 Å². The Morgan fingerprint density at radius 3 is 1.87 bits per heavy atom. The molecule has 2 aliphatic rings. The maximum Gasteiger partial charge on any atom is 0.00591 e. The number of allylic oxidation sites excluding steroid dienone is 11. The quantitative estimate of drug-likeness (QED) is 0.624. The molecule has 1 nitrogen and oxygen atoms in total. The summed E-state index contributed by atoms with van der Waals surface area (Å²) in [5.74, 6) is 0. The van der Waals surface area contributed by atoms with Gasteiger partial charge in [-0.1, -0.05) is 36.5 Å². The Morgan fingerprint density at radius 1 is 0.867 bits per heavy atom. The lowest BCUT2D eigenvalue weighted by Gasteiger charge is -2.03. The van der Waals surface area contributed by atoms with Crippen LogP contribution in [0.25, 0.3) is 0 Å². The summed E-state index contributed by atoms with van der Waals surface area (Å²) >= 11 is 0. The van der Waals surface area contributed by atoms with Gasteiger partial charge in [-0.3, -0.25) is 0 Å². The SMILES string of the molecule is CN(C)C=C1C=C2\C=C/C=C\C=C/C2=C1. The first kappa shape index (κ1) is 9.78. The van der Waals surface area contributed by atoms with E-state index in [0.29, 0.717) is 0 Å². The van der Waals surface area contributed by atoms with Crippen LogP contribution in [0.4, 0.5) is 0 Å². The Morgan fingerprint density at radius 2 is 1.40 bits per heavy atom. The first-order valence-electron chi connectivity index (χ1n) is 5.09. The minimum absolute atomic E-state index is 1.25. The number of nitrogens with zero attached hydrogens (tertiary/aromatic N) is 1. The predicted octanol–water partition coefficient (Wildman–Crippen LogP) is 2.98. The van der Waals surface area contributed by atoms with E-state index in [4.69, 9.17) is 0 Å². The fraction of sp³-hybridized carbons (Fsp3) is 0.143. The second kappa shape index (κ2) is 4.18. The molecule has 0 aromatic carbocycles. The summed E-state index contributed by atoms with van der Waals surface area (Å²) in [6.45, 7) is 0. The van der Waals surface area contributed by atoms with Crippen molar-refractivity contribution < 1.29 is 0 Å². The molecule has 0 aromatic rings. The van der Waals surface area contributed by atoms with Gasteiger partial charge >= 0.3 is 0 Å². The molecule has 2 aliphatic carbocycles. The Kier molecular flexibility index (Phi) is 2.72. The van der Waals surface area contributed by atoms with E-state index in [1.165, 1.54) is 16.7 Å². The van der Waals surface area contributed by atoms with Crippen LogP contribution in [0, 0.1) is 0 Å². The van der Waals surface area contributed by atoms with Crippen molar-refractivity contribution >= 4 is 0 Å². The number of hydrogen-bond donors (Lipinski definition) is 0. The predicted molar refractivity (Wildman–Crippen MR) is 65.4 cm³/mol. The molecule has 0 radical (unpaired) electrons. The lowest BCUT2D eigenvalue weighted by atomic mass is 10.1. The molecule has 0 heterocycles. The highest BCUT2D eigenvalue weighted by Gasteiger charge is 2.08. The van der Waals surface area contributed by atoms with Crippen LogP contribution < -0.4 is 0 Å². The van der Waals surface area contributed by atoms with Gasteiger partial charge in [0, 0.05) is 20.3 Å². The van der Waals surface area contributed by atoms with Gasteiger partial charge < -0.3 is 4.90 Å². The molecule has 0 bridgehead atoms. The van der Waals surface area contributed by atoms with Crippen molar-refractivity contribution in [1.82, 2.24) is 4.90 Å². The van der Waals surface area contributed by atoms with Crippen LogP contribution in [0.5, 0.6) is 0 Å². The highest BCUT2D eigenvalue weighted by Crippen LogP contribution is 2.26. The molecule has 15 heavy (non-hydrogen) atoms.